The molecular weight excluding hydrogens is 386 g/mol. The predicted molar refractivity (Wildman–Crippen MR) is 104 cm³/mol. The SMILES string of the molecule is O=S1(=O)CC[C@H](Nc2ncnc3c2oc2ccccc23)c2cc(Cl)ccc21. The maximum atomic E-state index is 12.4. The van der Waals surface area contributed by atoms with Crippen molar-refractivity contribution in [3.05, 3.63) is 59.4 Å². The Hall–Kier alpha value is -2.64. The molecule has 2 aromatic carbocycles. The number of hydrogen-bond donors (Lipinski definition) is 1. The first-order valence-corrected chi connectivity index (χ1v) is 10.5. The van der Waals surface area contributed by atoms with E-state index in [2.05, 4.69) is 15.3 Å². The molecule has 1 atom stereocenters. The van der Waals surface area contributed by atoms with E-state index < -0.39 is 9.84 Å². The zero-order valence-electron chi connectivity index (χ0n) is 14.0. The lowest BCUT2D eigenvalue weighted by molar-refractivity contribution is 0.575. The van der Waals surface area contributed by atoms with Crippen LogP contribution < -0.4 is 5.32 Å². The van der Waals surface area contributed by atoms with Crippen LogP contribution >= 0.6 is 11.6 Å². The van der Waals surface area contributed by atoms with Crippen LogP contribution in [-0.4, -0.2) is 24.1 Å². The van der Waals surface area contributed by atoms with Gasteiger partial charge in [0.25, 0.3) is 0 Å². The van der Waals surface area contributed by atoms with Crippen LogP contribution in [0.15, 0.2) is 58.1 Å². The minimum Gasteiger partial charge on any atom is -0.450 e. The van der Waals surface area contributed by atoms with Crippen molar-refractivity contribution in [3.63, 3.8) is 0 Å². The van der Waals surface area contributed by atoms with Gasteiger partial charge in [0.1, 0.15) is 17.4 Å². The Morgan fingerprint density at radius 1 is 1.15 bits per heavy atom. The molecule has 0 amide bonds. The molecule has 8 heteroatoms. The third kappa shape index (κ3) is 2.65. The van der Waals surface area contributed by atoms with Gasteiger partial charge in [-0.05, 0) is 42.3 Å². The molecule has 0 unspecified atom stereocenters. The van der Waals surface area contributed by atoms with Gasteiger partial charge in [-0.15, -0.1) is 0 Å². The molecule has 2 aromatic heterocycles. The molecule has 6 nitrogen and oxygen atoms in total. The normalized spacial score (nSPS) is 18.5. The number of anilines is 1. The fraction of sp³-hybridized carbons (Fsp3) is 0.158. The van der Waals surface area contributed by atoms with E-state index in [9.17, 15) is 8.42 Å². The van der Waals surface area contributed by atoms with Gasteiger partial charge in [0.2, 0.25) is 0 Å². The number of furan rings is 1. The van der Waals surface area contributed by atoms with Gasteiger partial charge in [-0.2, -0.15) is 0 Å². The molecule has 1 aliphatic rings. The topological polar surface area (TPSA) is 85.1 Å². The maximum Gasteiger partial charge on any atom is 0.196 e. The Kier molecular flexibility index (Phi) is 3.63. The molecule has 0 fully saturated rings. The van der Waals surface area contributed by atoms with Crippen molar-refractivity contribution in [2.24, 2.45) is 0 Å². The van der Waals surface area contributed by atoms with E-state index in [4.69, 9.17) is 16.0 Å². The van der Waals surface area contributed by atoms with Crippen LogP contribution in [0, 0.1) is 0 Å². The smallest absolute Gasteiger partial charge is 0.196 e. The summed E-state index contributed by atoms with van der Waals surface area (Å²) in [6.45, 7) is 0. The highest BCUT2D eigenvalue weighted by Crippen LogP contribution is 2.38. The maximum absolute atomic E-state index is 12.4. The second-order valence-electron chi connectivity index (χ2n) is 6.48. The van der Waals surface area contributed by atoms with Crippen molar-refractivity contribution >= 4 is 49.3 Å². The van der Waals surface area contributed by atoms with Gasteiger partial charge in [0.05, 0.1) is 16.7 Å². The number of nitrogens with one attached hydrogen (secondary N) is 1. The van der Waals surface area contributed by atoms with Crippen molar-refractivity contribution < 1.29 is 12.8 Å². The van der Waals surface area contributed by atoms with Crippen molar-refractivity contribution in [2.75, 3.05) is 11.1 Å². The number of nitrogens with zero attached hydrogens (tertiary/aromatic N) is 2. The average Bonchev–Trinajstić information content (AvgIpc) is 3.04. The molecule has 0 spiro atoms. The molecular formula is C19H14ClN3O3S. The quantitative estimate of drug-likeness (QED) is 0.539. The number of aromatic nitrogens is 2. The first kappa shape index (κ1) is 16.5. The van der Waals surface area contributed by atoms with Crippen LogP contribution in [0.25, 0.3) is 22.1 Å². The Morgan fingerprint density at radius 3 is 2.89 bits per heavy atom. The highest BCUT2D eigenvalue weighted by molar-refractivity contribution is 7.91. The molecule has 0 saturated heterocycles. The van der Waals surface area contributed by atoms with Gasteiger partial charge < -0.3 is 9.73 Å². The van der Waals surface area contributed by atoms with E-state index in [0.717, 1.165) is 16.5 Å². The van der Waals surface area contributed by atoms with Gasteiger partial charge in [-0.1, -0.05) is 23.7 Å². The van der Waals surface area contributed by atoms with Crippen molar-refractivity contribution in [1.29, 1.82) is 0 Å². The van der Waals surface area contributed by atoms with E-state index in [0.29, 0.717) is 33.3 Å². The van der Waals surface area contributed by atoms with E-state index in [1.807, 2.05) is 24.3 Å². The second kappa shape index (κ2) is 5.94. The van der Waals surface area contributed by atoms with Gasteiger partial charge in [-0.3, -0.25) is 0 Å². The van der Waals surface area contributed by atoms with Crippen molar-refractivity contribution in [2.45, 2.75) is 17.4 Å². The minimum atomic E-state index is -3.30. The zero-order chi connectivity index (χ0) is 18.6. The highest BCUT2D eigenvalue weighted by atomic mass is 35.5. The summed E-state index contributed by atoms with van der Waals surface area (Å²) in [5.41, 5.74) is 2.65. The first-order valence-electron chi connectivity index (χ1n) is 8.44. The third-order valence-corrected chi connectivity index (χ3v) is 6.88. The highest BCUT2D eigenvalue weighted by Gasteiger charge is 2.31. The number of halogens is 1. The molecule has 27 heavy (non-hydrogen) atoms. The molecule has 3 heterocycles. The molecule has 0 radical (unpaired) electrons. The third-order valence-electron chi connectivity index (χ3n) is 4.83. The number of para-hydroxylation sites is 1. The van der Waals surface area contributed by atoms with E-state index in [1.54, 1.807) is 18.2 Å². The predicted octanol–water partition coefficient (Wildman–Crippen LogP) is 4.36. The number of sulfone groups is 1. The first-order chi connectivity index (χ1) is 13.0. The average molecular weight is 400 g/mol. The number of fused-ring (bicyclic) bond motifs is 4. The number of rotatable bonds is 2. The monoisotopic (exact) mass is 399 g/mol. The Labute approximate surface area is 160 Å². The zero-order valence-corrected chi connectivity index (χ0v) is 15.6. The molecule has 136 valence electrons. The largest absolute Gasteiger partial charge is 0.450 e. The number of benzene rings is 2. The van der Waals surface area contributed by atoms with Crippen LogP contribution in [0.2, 0.25) is 5.02 Å². The summed E-state index contributed by atoms with van der Waals surface area (Å²) >= 11 is 6.12. The summed E-state index contributed by atoms with van der Waals surface area (Å²) in [4.78, 5) is 8.98. The van der Waals surface area contributed by atoms with Gasteiger partial charge in [0.15, 0.2) is 21.2 Å². The van der Waals surface area contributed by atoms with E-state index in [1.165, 1.54) is 6.33 Å². The van der Waals surface area contributed by atoms with Gasteiger partial charge >= 0.3 is 0 Å². The minimum absolute atomic E-state index is 0.0632. The van der Waals surface area contributed by atoms with E-state index >= 15 is 0 Å². The summed E-state index contributed by atoms with van der Waals surface area (Å²) in [5, 5.41) is 4.74. The van der Waals surface area contributed by atoms with Crippen molar-refractivity contribution in [1.82, 2.24) is 9.97 Å². The Morgan fingerprint density at radius 2 is 2.00 bits per heavy atom. The van der Waals surface area contributed by atoms with Crippen molar-refractivity contribution in [3.8, 4) is 0 Å². The lowest BCUT2D eigenvalue weighted by Crippen LogP contribution is -2.25. The van der Waals surface area contributed by atoms with Gasteiger partial charge in [-0.25, -0.2) is 18.4 Å². The van der Waals surface area contributed by atoms with Crippen LogP contribution in [0.4, 0.5) is 5.82 Å². The summed E-state index contributed by atoms with van der Waals surface area (Å²) < 4.78 is 30.7. The fourth-order valence-corrected chi connectivity index (χ4v) is 5.34. The summed E-state index contributed by atoms with van der Waals surface area (Å²) in [5.74, 6) is 0.597. The lowest BCUT2D eigenvalue weighted by atomic mass is 10.0. The fourth-order valence-electron chi connectivity index (χ4n) is 3.55. The molecule has 5 rings (SSSR count). The molecule has 1 aliphatic heterocycles. The summed E-state index contributed by atoms with van der Waals surface area (Å²) in [7, 11) is -3.30. The van der Waals surface area contributed by atoms with Crippen LogP contribution in [0.3, 0.4) is 0 Å². The second-order valence-corrected chi connectivity index (χ2v) is 9.00. The Balaban J connectivity index is 1.63. The lowest BCUT2D eigenvalue weighted by Gasteiger charge is -2.26. The summed E-state index contributed by atoms with van der Waals surface area (Å²) in [6.07, 6.45) is 1.90. The molecule has 4 aromatic rings. The van der Waals surface area contributed by atoms with Crippen LogP contribution in [0.5, 0.6) is 0 Å². The van der Waals surface area contributed by atoms with Gasteiger partial charge in [0, 0.05) is 10.4 Å². The molecule has 0 aliphatic carbocycles. The van der Waals surface area contributed by atoms with Crippen LogP contribution in [0.1, 0.15) is 18.0 Å². The Bertz CT molecular complexity index is 1300. The molecule has 0 saturated carbocycles. The number of hydrogen-bond acceptors (Lipinski definition) is 6. The molecule has 1 N–H and O–H groups in total. The van der Waals surface area contributed by atoms with Crippen LogP contribution in [-0.2, 0) is 9.84 Å². The molecule has 0 bridgehead atoms. The van der Waals surface area contributed by atoms with E-state index in [-0.39, 0.29) is 11.8 Å². The summed E-state index contributed by atoms with van der Waals surface area (Å²) in [6, 6.07) is 12.3. The standard InChI is InChI=1S/C19H14ClN3O3S/c20-11-5-6-16-13(9-11)14(7-8-27(16,24)25)23-19-18-17(21-10-22-19)12-3-1-2-4-15(12)26-18/h1-6,9-10,14H,7-8H2,(H,21,22,23)/t14-/m0/s1.